The number of carbonyl (C=O) groups is 1. The highest BCUT2D eigenvalue weighted by Gasteiger charge is 2.14. The van der Waals surface area contributed by atoms with Crippen molar-refractivity contribution in [2.24, 2.45) is 0 Å². The lowest BCUT2D eigenvalue weighted by Gasteiger charge is -2.08. The maximum absolute atomic E-state index is 11.3. The van der Waals surface area contributed by atoms with Crippen molar-refractivity contribution in [3.63, 3.8) is 0 Å². The summed E-state index contributed by atoms with van der Waals surface area (Å²) in [5, 5.41) is 11.2. The van der Waals surface area contributed by atoms with Crippen molar-refractivity contribution >= 4 is 28.3 Å². The van der Waals surface area contributed by atoms with Gasteiger partial charge in [0.15, 0.2) is 5.78 Å². The van der Waals surface area contributed by atoms with Crippen LogP contribution in [0.4, 0.5) is 0 Å². The molecule has 0 saturated carbocycles. The molecule has 0 saturated heterocycles. The Balaban J connectivity index is 2.88. The predicted octanol–water partition coefficient (Wildman–Crippen LogP) is 3.10. The Morgan fingerprint density at radius 3 is 2.75 bits per heavy atom. The maximum atomic E-state index is 11.3. The zero-order valence-corrected chi connectivity index (χ0v) is 9.67. The average molecular weight is 236 g/mol. The minimum Gasteiger partial charge on any atom is -0.505 e. The molecule has 2 rings (SSSR count). The molecule has 0 aliphatic rings. The van der Waals surface area contributed by atoms with Crippen LogP contribution in [-0.4, -0.2) is 15.9 Å². The topological polar surface area (TPSA) is 50.2 Å². The fourth-order valence-corrected chi connectivity index (χ4v) is 1.80. The number of benzene rings is 1. The maximum Gasteiger partial charge on any atom is 0.181 e. The molecular formula is C12H10ClNO2. The van der Waals surface area contributed by atoms with Gasteiger partial charge in [0.1, 0.15) is 11.4 Å². The first kappa shape index (κ1) is 10.9. The molecule has 0 spiro atoms. The summed E-state index contributed by atoms with van der Waals surface area (Å²) in [6.45, 7) is 3.12. The molecule has 3 nitrogen and oxygen atoms in total. The Bertz CT molecular complexity index is 593. The lowest BCUT2D eigenvalue weighted by atomic mass is 10.1. The fourth-order valence-electron chi connectivity index (χ4n) is 1.63. The summed E-state index contributed by atoms with van der Waals surface area (Å²) in [4.78, 5) is 15.4. The molecule has 0 atom stereocenters. The van der Waals surface area contributed by atoms with Gasteiger partial charge in [-0.25, -0.2) is 4.98 Å². The SMILES string of the molecule is CC(=O)c1nc2ccc(Cl)cc2c(C)c1O. The van der Waals surface area contributed by atoms with E-state index >= 15 is 0 Å². The van der Waals surface area contributed by atoms with Gasteiger partial charge < -0.3 is 5.11 Å². The van der Waals surface area contributed by atoms with Crippen molar-refractivity contribution in [2.45, 2.75) is 13.8 Å². The van der Waals surface area contributed by atoms with Crippen molar-refractivity contribution in [2.75, 3.05) is 0 Å². The van der Waals surface area contributed by atoms with Crippen LogP contribution in [0.5, 0.6) is 5.75 Å². The number of carbonyl (C=O) groups excluding carboxylic acids is 1. The smallest absolute Gasteiger partial charge is 0.181 e. The monoisotopic (exact) mass is 235 g/mol. The Morgan fingerprint density at radius 1 is 1.44 bits per heavy atom. The predicted molar refractivity (Wildman–Crippen MR) is 63.2 cm³/mol. The molecule has 0 amide bonds. The number of Topliss-reactive ketones (excluding diaryl/α,β-unsaturated/α-hetero) is 1. The van der Waals surface area contributed by atoms with Crippen molar-refractivity contribution in [1.29, 1.82) is 0 Å². The number of aromatic nitrogens is 1. The lowest BCUT2D eigenvalue weighted by molar-refractivity contribution is 0.101. The molecule has 82 valence electrons. The molecule has 16 heavy (non-hydrogen) atoms. The van der Waals surface area contributed by atoms with E-state index in [4.69, 9.17) is 11.6 Å². The summed E-state index contributed by atoms with van der Waals surface area (Å²) in [5.74, 6) is -0.320. The van der Waals surface area contributed by atoms with Gasteiger partial charge in [0, 0.05) is 22.9 Å². The standard InChI is InChI=1S/C12H10ClNO2/c1-6-9-5-8(13)3-4-10(9)14-11(7(2)15)12(6)16/h3-5,16H,1-2H3. The second-order valence-corrected chi connectivity index (χ2v) is 4.09. The van der Waals surface area contributed by atoms with Crippen LogP contribution in [0.3, 0.4) is 0 Å². The molecule has 0 unspecified atom stereocenters. The van der Waals surface area contributed by atoms with Gasteiger partial charge in [0.05, 0.1) is 5.52 Å². The van der Waals surface area contributed by atoms with Crippen LogP contribution < -0.4 is 0 Å². The highest BCUT2D eigenvalue weighted by Crippen LogP contribution is 2.29. The summed E-state index contributed by atoms with van der Waals surface area (Å²) in [7, 11) is 0. The first-order valence-electron chi connectivity index (χ1n) is 4.80. The molecule has 0 aliphatic carbocycles. The van der Waals surface area contributed by atoms with Gasteiger partial charge in [-0.15, -0.1) is 0 Å². The van der Waals surface area contributed by atoms with Crippen molar-refractivity contribution in [3.05, 3.63) is 34.5 Å². The molecule has 1 heterocycles. The minimum absolute atomic E-state index is 0.0673. The number of aryl methyl sites for hydroxylation is 1. The summed E-state index contributed by atoms with van der Waals surface area (Å²) in [6, 6.07) is 5.16. The summed E-state index contributed by atoms with van der Waals surface area (Å²) in [6.07, 6.45) is 0. The zero-order valence-electron chi connectivity index (χ0n) is 8.91. The van der Waals surface area contributed by atoms with Crippen LogP contribution in [-0.2, 0) is 0 Å². The molecular weight excluding hydrogens is 226 g/mol. The van der Waals surface area contributed by atoms with E-state index in [0.717, 1.165) is 5.39 Å². The molecule has 0 fully saturated rings. The Kier molecular flexibility index (Phi) is 2.56. The first-order valence-corrected chi connectivity index (χ1v) is 5.18. The van der Waals surface area contributed by atoms with Gasteiger partial charge in [0.25, 0.3) is 0 Å². The second-order valence-electron chi connectivity index (χ2n) is 3.65. The van der Waals surface area contributed by atoms with Crippen LogP contribution in [0, 0.1) is 6.92 Å². The summed E-state index contributed by atoms with van der Waals surface area (Å²) >= 11 is 5.87. The van der Waals surface area contributed by atoms with E-state index in [9.17, 15) is 9.90 Å². The molecule has 1 aromatic carbocycles. The highest BCUT2D eigenvalue weighted by molar-refractivity contribution is 6.31. The van der Waals surface area contributed by atoms with E-state index in [-0.39, 0.29) is 17.2 Å². The third kappa shape index (κ3) is 1.63. The zero-order chi connectivity index (χ0) is 11.9. The normalized spacial score (nSPS) is 10.7. The lowest BCUT2D eigenvalue weighted by Crippen LogP contribution is -1.99. The van der Waals surface area contributed by atoms with Crippen molar-refractivity contribution in [1.82, 2.24) is 4.98 Å². The van der Waals surface area contributed by atoms with Gasteiger partial charge in [-0.2, -0.15) is 0 Å². The van der Waals surface area contributed by atoms with Crippen molar-refractivity contribution < 1.29 is 9.90 Å². The fraction of sp³-hybridized carbons (Fsp3) is 0.167. The number of nitrogens with zero attached hydrogens (tertiary/aromatic N) is 1. The molecule has 1 aromatic heterocycles. The van der Waals surface area contributed by atoms with Gasteiger partial charge in [0.2, 0.25) is 0 Å². The van der Waals surface area contributed by atoms with E-state index in [0.29, 0.717) is 16.1 Å². The van der Waals surface area contributed by atoms with Gasteiger partial charge in [-0.1, -0.05) is 11.6 Å². The molecule has 0 bridgehead atoms. The van der Waals surface area contributed by atoms with Gasteiger partial charge in [-0.05, 0) is 25.1 Å². The van der Waals surface area contributed by atoms with Crippen LogP contribution in [0.2, 0.25) is 5.02 Å². The number of hydrogen-bond acceptors (Lipinski definition) is 3. The quantitative estimate of drug-likeness (QED) is 0.773. The molecule has 0 radical (unpaired) electrons. The summed E-state index contributed by atoms with van der Waals surface area (Å²) < 4.78 is 0. The van der Waals surface area contributed by atoms with Crippen molar-refractivity contribution in [3.8, 4) is 5.75 Å². The highest BCUT2D eigenvalue weighted by atomic mass is 35.5. The third-order valence-electron chi connectivity index (χ3n) is 2.51. The molecule has 1 N–H and O–H groups in total. The Morgan fingerprint density at radius 2 is 2.12 bits per heavy atom. The largest absolute Gasteiger partial charge is 0.505 e. The minimum atomic E-state index is -0.252. The number of ketones is 1. The third-order valence-corrected chi connectivity index (χ3v) is 2.74. The van der Waals surface area contributed by atoms with Crippen LogP contribution in [0.1, 0.15) is 23.0 Å². The Hall–Kier alpha value is -1.61. The van der Waals surface area contributed by atoms with E-state index in [1.54, 1.807) is 25.1 Å². The average Bonchev–Trinajstić information content (AvgIpc) is 2.23. The second kappa shape index (κ2) is 3.76. The molecule has 4 heteroatoms. The number of aromatic hydroxyl groups is 1. The van der Waals surface area contributed by atoms with Crippen LogP contribution >= 0.6 is 11.6 Å². The number of pyridine rings is 1. The van der Waals surface area contributed by atoms with Gasteiger partial charge in [-0.3, -0.25) is 4.79 Å². The van der Waals surface area contributed by atoms with Crippen LogP contribution in [0.15, 0.2) is 18.2 Å². The first-order chi connectivity index (χ1) is 7.50. The molecule has 2 aromatic rings. The molecule has 0 aliphatic heterocycles. The number of fused-ring (bicyclic) bond motifs is 1. The number of rotatable bonds is 1. The Labute approximate surface area is 97.7 Å². The van der Waals surface area contributed by atoms with Gasteiger partial charge >= 0.3 is 0 Å². The number of hydrogen-bond donors (Lipinski definition) is 1. The van der Waals surface area contributed by atoms with E-state index in [2.05, 4.69) is 4.98 Å². The van der Waals surface area contributed by atoms with E-state index < -0.39 is 0 Å². The van der Waals surface area contributed by atoms with E-state index in [1.807, 2.05) is 0 Å². The number of halogens is 1. The summed E-state index contributed by atoms with van der Waals surface area (Å²) in [5.41, 5.74) is 1.38. The van der Waals surface area contributed by atoms with Crippen LogP contribution in [0.25, 0.3) is 10.9 Å². The van der Waals surface area contributed by atoms with E-state index in [1.165, 1.54) is 6.92 Å².